The molecule has 0 aromatic heterocycles. The molecule has 0 fully saturated rings. The van der Waals surface area contributed by atoms with Gasteiger partial charge in [0.25, 0.3) is 0 Å². The highest BCUT2D eigenvalue weighted by Crippen LogP contribution is 1.85. The molecule has 7 nitrogen and oxygen atoms in total. The van der Waals surface area contributed by atoms with E-state index in [2.05, 4.69) is 15.6 Å². The van der Waals surface area contributed by atoms with Crippen molar-refractivity contribution in [2.24, 2.45) is 0 Å². The van der Waals surface area contributed by atoms with E-state index >= 15 is 0 Å². The summed E-state index contributed by atoms with van der Waals surface area (Å²) in [6, 6.07) is 0. The molecule has 1 amide bonds. The second-order valence-electron chi connectivity index (χ2n) is 2.60. The third kappa shape index (κ3) is 8.69. The van der Waals surface area contributed by atoms with E-state index in [4.69, 9.17) is 5.11 Å². The minimum Gasteiger partial charge on any atom is -0.481 e. The van der Waals surface area contributed by atoms with Crippen molar-refractivity contribution in [3.8, 4) is 0 Å². The maximum atomic E-state index is 11.0. The van der Waals surface area contributed by atoms with Crippen molar-refractivity contribution in [1.82, 2.24) is 10.9 Å². The van der Waals surface area contributed by atoms with E-state index < -0.39 is 17.8 Å². The van der Waals surface area contributed by atoms with Crippen molar-refractivity contribution >= 4 is 17.8 Å². The minimum atomic E-state index is -0.970. The van der Waals surface area contributed by atoms with Crippen LogP contribution in [0.3, 0.4) is 0 Å². The largest absolute Gasteiger partial charge is 0.481 e. The van der Waals surface area contributed by atoms with Gasteiger partial charge in [-0.25, -0.2) is 5.43 Å². The number of amides is 1. The Morgan fingerprint density at radius 1 is 1.33 bits per heavy atom. The van der Waals surface area contributed by atoms with Gasteiger partial charge in [-0.05, 0) is 6.92 Å². The molecule has 0 aliphatic heterocycles. The number of esters is 1. The Balaban J connectivity index is 3.49. The highest BCUT2D eigenvalue weighted by atomic mass is 16.5. The van der Waals surface area contributed by atoms with E-state index in [1.807, 2.05) is 0 Å². The molecule has 3 N–H and O–H groups in total. The van der Waals surface area contributed by atoms with Gasteiger partial charge in [0.05, 0.1) is 13.0 Å². The van der Waals surface area contributed by atoms with Crippen molar-refractivity contribution in [1.29, 1.82) is 0 Å². The molecule has 0 radical (unpaired) electrons. The van der Waals surface area contributed by atoms with Crippen LogP contribution in [0.2, 0.25) is 0 Å². The highest BCUT2D eigenvalue weighted by molar-refractivity contribution is 5.93. The third-order valence-corrected chi connectivity index (χ3v) is 1.30. The van der Waals surface area contributed by atoms with Gasteiger partial charge in [-0.2, -0.15) is 0 Å². The molecule has 0 unspecified atom stereocenters. The van der Waals surface area contributed by atoms with Crippen molar-refractivity contribution in [2.45, 2.75) is 19.8 Å². The summed E-state index contributed by atoms with van der Waals surface area (Å²) in [5, 5.41) is 8.27. The molecule has 0 aromatic carbocycles. The number of carbonyl (C=O) groups is 3. The summed E-state index contributed by atoms with van der Waals surface area (Å²) in [4.78, 5) is 31.8. The Morgan fingerprint density at radius 2 is 2.00 bits per heavy atom. The minimum absolute atomic E-state index is 0.101. The van der Waals surface area contributed by atoms with Gasteiger partial charge in [-0.15, -0.1) is 0 Å². The SMILES string of the molecule is CCOC(=O)CC(=O)NNCCC(=O)O. The number of hydrogen-bond donors (Lipinski definition) is 3. The van der Waals surface area contributed by atoms with Gasteiger partial charge < -0.3 is 9.84 Å². The molecule has 15 heavy (non-hydrogen) atoms. The molecule has 7 heteroatoms. The van der Waals surface area contributed by atoms with E-state index in [1.54, 1.807) is 6.92 Å². The maximum Gasteiger partial charge on any atom is 0.315 e. The molecule has 0 aromatic rings. The van der Waals surface area contributed by atoms with Crippen molar-refractivity contribution in [3.05, 3.63) is 0 Å². The van der Waals surface area contributed by atoms with Crippen molar-refractivity contribution in [3.63, 3.8) is 0 Å². The lowest BCUT2D eigenvalue weighted by molar-refractivity contribution is -0.146. The smallest absolute Gasteiger partial charge is 0.315 e. The summed E-state index contributed by atoms with van der Waals surface area (Å²) in [6.07, 6.45) is -0.492. The summed E-state index contributed by atoms with van der Waals surface area (Å²) in [7, 11) is 0. The zero-order valence-electron chi connectivity index (χ0n) is 8.41. The molecule has 0 heterocycles. The first kappa shape index (κ1) is 13.4. The lowest BCUT2D eigenvalue weighted by Crippen LogP contribution is -2.39. The first-order valence-electron chi connectivity index (χ1n) is 4.45. The standard InChI is InChI=1S/C8H14N2O5/c1-2-15-8(14)5-6(11)10-9-4-3-7(12)13/h9H,2-5H2,1H3,(H,10,11)(H,12,13). The van der Waals surface area contributed by atoms with Gasteiger partial charge in [-0.3, -0.25) is 19.8 Å². The Labute approximate surface area is 86.8 Å². The van der Waals surface area contributed by atoms with Crippen LogP contribution in [0.4, 0.5) is 0 Å². The summed E-state index contributed by atoms with van der Waals surface area (Å²) >= 11 is 0. The molecule has 86 valence electrons. The second kappa shape index (κ2) is 7.74. The van der Waals surface area contributed by atoms with Gasteiger partial charge in [0.15, 0.2) is 0 Å². The number of hydrazine groups is 1. The fourth-order valence-corrected chi connectivity index (χ4v) is 0.718. The molecule has 0 bridgehead atoms. The Hall–Kier alpha value is -1.63. The van der Waals surface area contributed by atoms with E-state index in [-0.39, 0.29) is 26.0 Å². The van der Waals surface area contributed by atoms with Crippen LogP contribution in [0.15, 0.2) is 0 Å². The Morgan fingerprint density at radius 3 is 2.53 bits per heavy atom. The first-order valence-corrected chi connectivity index (χ1v) is 4.45. The summed E-state index contributed by atoms with van der Waals surface area (Å²) in [5.41, 5.74) is 4.55. The van der Waals surface area contributed by atoms with Gasteiger partial charge in [-0.1, -0.05) is 0 Å². The van der Waals surface area contributed by atoms with E-state index in [9.17, 15) is 14.4 Å². The maximum absolute atomic E-state index is 11.0. The summed E-state index contributed by atoms with van der Waals surface area (Å²) < 4.78 is 4.54. The van der Waals surface area contributed by atoms with Crippen LogP contribution in [-0.4, -0.2) is 36.1 Å². The number of aliphatic carboxylic acids is 1. The van der Waals surface area contributed by atoms with Crippen LogP contribution in [0.25, 0.3) is 0 Å². The zero-order chi connectivity index (χ0) is 11.7. The Bertz CT molecular complexity index is 241. The molecule has 0 saturated heterocycles. The average molecular weight is 218 g/mol. The lowest BCUT2D eigenvalue weighted by atomic mass is 10.4. The molecule has 0 aliphatic rings. The molecule has 0 aliphatic carbocycles. The zero-order valence-corrected chi connectivity index (χ0v) is 8.41. The Kier molecular flexibility index (Phi) is 6.90. The topological polar surface area (TPSA) is 105 Å². The van der Waals surface area contributed by atoms with Crippen LogP contribution >= 0.6 is 0 Å². The first-order chi connectivity index (χ1) is 7.06. The van der Waals surface area contributed by atoms with Gasteiger partial charge in [0, 0.05) is 6.54 Å². The summed E-state index contributed by atoms with van der Waals surface area (Å²) in [5.74, 6) is -2.14. The number of ether oxygens (including phenoxy) is 1. The van der Waals surface area contributed by atoms with Gasteiger partial charge in [0.2, 0.25) is 5.91 Å². The molecule has 0 spiro atoms. The molecular weight excluding hydrogens is 204 g/mol. The highest BCUT2D eigenvalue weighted by Gasteiger charge is 2.09. The van der Waals surface area contributed by atoms with Gasteiger partial charge in [0.1, 0.15) is 6.42 Å². The van der Waals surface area contributed by atoms with Crippen molar-refractivity contribution < 1.29 is 24.2 Å². The fraction of sp³-hybridized carbons (Fsp3) is 0.625. The predicted octanol–water partition coefficient (Wildman–Crippen LogP) is -0.965. The van der Waals surface area contributed by atoms with Crippen LogP contribution < -0.4 is 10.9 Å². The monoisotopic (exact) mass is 218 g/mol. The number of carbonyl (C=O) groups excluding carboxylic acids is 2. The molecule has 0 saturated carbocycles. The van der Waals surface area contributed by atoms with E-state index in [0.29, 0.717) is 0 Å². The van der Waals surface area contributed by atoms with Crippen LogP contribution in [0, 0.1) is 0 Å². The van der Waals surface area contributed by atoms with Gasteiger partial charge >= 0.3 is 11.9 Å². The molecule has 0 atom stereocenters. The number of carboxylic acids is 1. The predicted molar refractivity (Wildman–Crippen MR) is 49.6 cm³/mol. The molecule has 0 rings (SSSR count). The fourth-order valence-electron chi connectivity index (χ4n) is 0.718. The van der Waals surface area contributed by atoms with Crippen LogP contribution in [0.5, 0.6) is 0 Å². The average Bonchev–Trinajstić information content (AvgIpc) is 2.12. The van der Waals surface area contributed by atoms with Crippen molar-refractivity contribution in [2.75, 3.05) is 13.2 Å². The van der Waals surface area contributed by atoms with Crippen LogP contribution in [-0.2, 0) is 19.1 Å². The lowest BCUT2D eigenvalue weighted by Gasteiger charge is -2.05. The van der Waals surface area contributed by atoms with E-state index in [1.165, 1.54) is 0 Å². The number of hydrogen-bond acceptors (Lipinski definition) is 5. The molecular formula is C8H14N2O5. The van der Waals surface area contributed by atoms with E-state index in [0.717, 1.165) is 0 Å². The summed E-state index contributed by atoms with van der Waals surface area (Å²) in [6.45, 7) is 1.96. The number of nitrogens with one attached hydrogen (secondary N) is 2. The number of carboxylic acid groups (broad SMARTS) is 1. The number of rotatable bonds is 7. The van der Waals surface area contributed by atoms with Crippen LogP contribution in [0.1, 0.15) is 19.8 Å². The quantitative estimate of drug-likeness (QED) is 0.220. The normalized spacial score (nSPS) is 9.40. The third-order valence-electron chi connectivity index (χ3n) is 1.30. The second-order valence-corrected chi connectivity index (χ2v) is 2.60.